The van der Waals surface area contributed by atoms with Gasteiger partial charge in [0.15, 0.2) is 0 Å². The number of piperidine rings is 1. The maximum absolute atomic E-state index is 5.03. The zero-order valence-corrected chi connectivity index (χ0v) is 17.2. The molecule has 0 spiro atoms. The fraction of sp³-hybridized carbons (Fsp3) is 0.652. The Hall–Kier alpha value is -1.48. The number of benzene rings is 1. The van der Waals surface area contributed by atoms with E-state index >= 15 is 0 Å². The van der Waals surface area contributed by atoms with Gasteiger partial charge in [-0.3, -0.25) is 9.98 Å². The van der Waals surface area contributed by atoms with Gasteiger partial charge in [0.2, 0.25) is 0 Å². The van der Waals surface area contributed by atoms with Crippen molar-refractivity contribution in [2.24, 2.45) is 9.98 Å². The van der Waals surface area contributed by atoms with Crippen molar-refractivity contribution in [3.05, 3.63) is 28.8 Å². The minimum absolute atomic E-state index is 0.364. The highest BCUT2D eigenvalue weighted by atomic mass is 15.0. The van der Waals surface area contributed by atoms with Gasteiger partial charge in [-0.2, -0.15) is 0 Å². The lowest BCUT2D eigenvalue weighted by Crippen LogP contribution is -2.49. The molecule has 1 saturated carbocycles. The Bertz CT molecular complexity index is 672. The van der Waals surface area contributed by atoms with Crippen LogP contribution in [0.15, 0.2) is 22.1 Å². The number of rotatable bonds is 4. The highest BCUT2D eigenvalue weighted by Crippen LogP contribution is 2.27. The predicted molar refractivity (Wildman–Crippen MR) is 113 cm³/mol. The van der Waals surface area contributed by atoms with Crippen LogP contribution in [-0.4, -0.2) is 29.5 Å². The second-order valence-electron chi connectivity index (χ2n) is 8.41. The molecule has 2 aliphatic rings. The molecule has 1 aliphatic heterocycles. The van der Waals surface area contributed by atoms with Gasteiger partial charge in [0, 0.05) is 29.5 Å². The van der Waals surface area contributed by atoms with Gasteiger partial charge in [0.25, 0.3) is 0 Å². The van der Waals surface area contributed by atoms with Gasteiger partial charge in [-0.15, -0.1) is 0 Å². The van der Waals surface area contributed by atoms with Crippen molar-refractivity contribution in [3.63, 3.8) is 0 Å². The minimum Gasteiger partial charge on any atom is -0.301 e. The van der Waals surface area contributed by atoms with E-state index in [-0.39, 0.29) is 0 Å². The SMILES string of the molecule is CC(=Nc1c(C)cc(C)cc1C)C1CCCC(C(C)=NC2CCCC2)N1. The van der Waals surface area contributed by atoms with Crippen LogP contribution in [0.5, 0.6) is 0 Å². The molecule has 3 nitrogen and oxygen atoms in total. The monoisotopic (exact) mass is 353 g/mol. The summed E-state index contributed by atoms with van der Waals surface area (Å²) in [6.07, 6.45) is 8.88. The quantitative estimate of drug-likeness (QED) is 0.701. The molecule has 1 aliphatic carbocycles. The van der Waals surface area contributed by atoms with Gasteiger partial charge in [-0.25, -0.2) is 0 Å². The molecular formula is C23H35N3. The smallest absolute Gasteiger partial charge is 0.0688 e. The Labute approximate surface area is 159 Å². The highest BCUT2D eigenvalue weighted by Gasteiger charge is 2.25. The predicted octanol–water partition coefficient (Wildman–Crippen LogP) is 5.62. The number of aryl methyl sites for hydroxylation is 3. The lowest BCUT2D eigenvalue weighted by molar-refractivity contribution is 0.425. The van der Waals surface area contributed by atoms with Crippen molar-refractivity contribution in [2.45, 2.75) is 97.7 Å². The molecule has 1 saturated heterocycles. The molecule has 26 heavy (non-hydrogen) atoms. The summed E-state index contributed by atoms with van der Waals surface area (Å²) in [5.41, 5.74) is 7.51. The van der Waals surface area contributed by atoms with Crippen LogP contribution < -0.4 is 5.32 Å². The summed E-state index contributed by atoms with van der Waals surface area (Å²) in [7, 11) is 0. The van der Waals surface area contributed by atoms with E-state index in [1.807, 2.05) is 0 Å². The third-order valence-corrected chi connectivity index (χ3v) is 6.03. The molecule has 0 amide bonds. The van der Waals surface area contributed by atoms with Crippen LogP contribution in [0.2, 0.25) is 0 Å². The molecule has 1 aromatic carbocycles. The molecule has 2 fully saturated rings. The first-order valence-corrected chi connectivity index (χ1v) is 10.4. The maximum atomic E-state index is 5.03. The molecule has 1 N–H and O–H groups in total. The van der Waals surface area contributed by atoms with Gasteiger partial charge in [0.05, 0.1) is 5.69 Å². The summed E-state index contributed by atoms with van der Waals surface area (Å²) in [6.45, 7) is 10.9. The number of hydrogen-bond acceptors (Lipinski definition) is 3. The van der Waals surface area contributed by atoms with Gasteiger partial charge in [-0.05, 0) is 77.8 Å². The van der Waals surface area contributed by atoms with E-state index in [0.717, 1.165) is 5.69 Å². The molecule has 2 unspecified atom stereocenters. The van der Waals surface area contributed by atoms with Crippen LogP contribution in [0.25, 0.3) is 0 Å². The molecule has 1 heterocycles. The van der Waals surface area contributed by atoms with Crippen molar-refractivity contribution in [1.82, 2.24) is 5.32 Å². The molecule has 3 heteroatoms. The normalized spacial score (nSPS) is 25.7. The Balaban J connectivity index is 1.72. The van der Waals surface area contributed by atoms with Crippen molar-refractivity contribution in [1.29, 1.82) is 0 Å². The van der Waals surface area contributed by atoms with E-state index in [2.05, 4.69) is 52.1 Å². The molecule has 0 aromatic heterocycles. The van der Waals surface area contributed by atoms with Gasteiger partial charge in [-0.1, -0.05) is 30.5 Å². The summed E-state index contributed by atoms with van der Waals surface area (Å²) >= 11 is 0. The Morgan fingerprint density at radius 1 is 0.846 bits per heavy atom. The largest absolute Gasteiger partial charge is 0.301 e. The standard InChI is InChI=1S/C23H35N3/c1-15-13-16(2)23(17(3)14-15)25-19(5)22-12-8-11-21(26-22)18(4)24-20-9-6-7-10-20/h13-14,20-22,26H,6-12H2,1-5H3. The summed E-state index contributed by atoms with van der Waals surface area (Å²) in [6, 6.07) is 5.82. The van der Waals surface area contributed by atoms with E-state index < -0.39 is 0 Å². The third-order valence-electron chi connectivity index (χ3n) is 6.03. The van der Waals surface area contributed by atoms with Crippen molar-refractivity contribution >= 4 is 17.1 Å². The number of nitrogens with zero attached hydrogens (tertiary/aromatic N) is 2. The number of nitrogens with one attached hydrogen (secondary N) is 1. The molecule has 0 radical (unpaired) electrons. The first kappa shape index (κ1) is 19.3. The van der Waals surface area contributed by atoms with Gasteiger partial charge < -0.3 is 5.32 Å². The lowest BCUT2D eigenvalue weighted by Gasteiger charge is -2.31. The molecule has 2 atom stereocenters. The maximum Gasteiger partial charge on any atom is 0.0688 e. The van der Waals surface area contributed by atoms with Crippen molar-refractivity contribution in [3.8, 4) is 0 Å². The summed E-state index contributed by atoms with van der Waals surface area (Å²) in [4.78, 5) is 10.1. The zero-order valence-electron chi connectivity index (χ0n) is 17.2. The van der Waals surface area contributed by atoms with E-state index in [4.69, 9.17) is 9.98 Å². The van der Waals surface area contributed by atoms with Crippen molar-refractivity contribution in [2.75, 3.05) is 0 Å². The summed E-state index contributed by atoms with van der Waals surface area (Å²) < 4.78 is 0. The average Bonchev–Trinajstić information content (AvgIpc) is 3.11. The topological polar surface area (TPSA) is 36.8 Å². The van der Waals surface area contributed by atoms with E-state index in [0.29, 0.717) is 18.1 Å². The fourth-order valence-corrected chi connectivity index (χ4v) is 4.61. The Morgan fingerprint density at radius 2 is 1.42 bits per heavy atom. The zero-order chi connectivity index (χ0) is 18.7. The lowest BCUT2D eigenvalue weighted by atomic mass is 9.93. The summed E-state index contributed by atoms with van der Waals surface area (Å²) in [5, 5.41) is 3.84. The van der Waals surface area contributed by atoms with Gasteiger partial charge in [0.1, 0.15) is 0 Å². The van der Waals surface area contributed by atoms with E-state index in [9.17, 15) is 0 Å². The van der Waals surface area contributed by atoms with Crippen LogP contribution in [0, 0.1) is 20.8 Å². The minimum atomic E-state index is 0.364. The van der Waals surface area contributed by atoms with E-state index in [1.54, 1.807) is 0 Å². The van der Waals surface area contributed by atoms with Crippen LogP contribution in [0.4, 0.5) is 5.69 Å². The van der Waals surface area contributed by atoms with Crippen LogP contribution in [0.1, 0.15) is 75.5 Å². The first-order valence-electron chi connectivity index (χ1n) is 10.4. The average molecular weight is 354 g/mol. The molecule has 3 rings (SSSR count). The Morgan fingerprint density at radius 3 is 2.04 bits per heavy atom. The second-order valence-corrected chi connectivity index (χ2v) is 8.41. The highest BCUT2D eigenvalue weighted by molar-refractivity contribution is 5.92. The van der Waals surface area contributed by atoms with E-state index in [1.165, 1.54) is 73.1 Å². The van der Waals surface area contributed by atoms with Crippen LogP contribution in [-0.2, 0) is 0 Å². The summed E-state index contributed by atoms with van der Waals surface area (Å²) in [5.74, 6) is 0. The molecule has 1 aromatic rings. The Kier molecular flexibility index (Phi) is 6.29. The molecule has 142 valence electrons. The van der Waals surface area contributed by atoms with Crippen LogP contribution >= 0.6 is 0 Å². The molecular weight excluding hydrogens is 318 g/mol. The molecule has 0 bridgehead atoms. The first-order chi connectivity index (χ1) is 12.4. The number of hydrogen-bond donors (Lipinski definition) is 1. The third kappa shape index (κ3) is 4.62. The second kappa shape index (κ2) is 8.47. The van der Waals surface area contributed by atoms with Crippen LogP contribution in [0.3, 0.4) is 0 Å². The van der Waals surface area contributed by atoms with Crippen molar-refractivity contribution < 1.29 is 0 Å². The fourth-order valence-electron chi connectivity index (χ4n) is 4.61. The number of aliphatic imine (C=N–C) groups is 2. The van der Waals surface area contributed by atoms with Gasteiger partial charge >= 0.3 is 0 Å².